The van der Waals surface area contributed by atoms with Crippen LogP contribution in [0.1, 0.15) is 73.7 Å². The SMILES string of the molecule is COc1cc(C=O)cc2c1O[C@@H]1[C@@H](O)[C@H](N(C(=O)CCCC(C)=O)C3CCCC3)C=C(C(=O)NCCO)[C@H]21. The number of aliphatic hydroxyl groups is 2. The lowest BCUT2D eigenvalue weighted by molar-refractivity contribution is -0.140. The Balaban J connectivity index is 1.77. The van der Waals surface area contributed by atoms with E-state index in [-0.39, 0.29) is 37.3 Å². The van der Waals surface area contributed by atoms with Gasteiger partial charge in [0.1, 0.15) is 24.3 Å². The van der Waals surface area contributed by atoms with Gasteiger partial charge in [-0.25, -0.2) is 0 Å². The number of ether oxygens (including phenoxy) is 2. The lowest BCUT2D eigenvalue weighted by Crippen LogP contribution is -2.58. The molecular weight excluding hydrogens is 492 g/mol. The number of Topliss-reactive ketones (excluding diaryl/α,β-unsaturated/α-hetero) is 1. The molecule has 0 unspecified atom stereocenters. The fraction of sp³-hybridized carbons (Fsp3) is 0.571. The Labute approximate surface area is 222 Å². The van der Waals surface area contributed by atoms with Crippen LogP contribution in [0.15, 0.2) is 23.8 Å². The summed E-state index contributed by atoms with van der Waals surface area (Å²) in [7, 11) is 1.45. The molecule has 3 N–H and O–H groups in total. The van der Waals surface area contributed by atoms with E-state index in [4.69, 9.17) is 9.47 Å². The average Bonchev–Trinajstić information content (AvgIpc) is 3.56. The van der Waals surface area contributed by atoms with Gasteiger partial charge in [0.2, 0.25) is 11.8 Å². The highest BCUT2D eigenvalue weighted by Crippen LogP contribution is 2.51. The Hall–Kier alpha value is -3.24. The molecule has 0 radical (unpaired) electrons. The third-order valence-electron chi connectivity index (χ3n) is 7.66. The van der Waals surface area contributed by atoms with Crippen LogP contribution in [-0.4, -0.2) is 83.5 Å². The van der Waals surface area contributed by atoms with E-state index in [1.807, 2.05) is 0 Å². The lowest BCUT2D eigenvalue weighted by Gasteiger charge is -2.43. The molecule has 38 heavy (non-hydrogen) atoms. The van der Waals surface area contributed by atoms with E-state index in [2.05, 4.69) is 5.32 Å². The van der Waals surface area contributed by atoms with Gasteiger partial charge in [0.15, 0.2) is 11.5 Å². The monoisotopic (exact) mass is 528 g/mol. The molecule has 4 atom stereocenters. The summed E-state index contributed by atoms with van der Waals surface area (Å²) in [6.45, 7) is 1.27. The fourth-order valence-corrected chi connectivity index (χ4v) is 5.94. The van der Waals surface area contributed by atoms with E-state index in [0.29, 0.717) is 47.3 Å². The van der Waals surface area contributed by atoms with Crippen molar-refractivity contribution in [3.8, 4) is 11.5 Å². The fourth-order valence-electron chi connectivity index (χ4n) is 5.94. The first-order chi connectivity index (χ1) is 18.3. The minimum atomic E-state index is -1.16. The van der Waals surface area contributed by atoms with Crippen molar-refractivity contribution in [1.82, 2.24) is 10.2 Å². The number of methoxy groups -OCH3 is 1. The van der Waals surface area contributed by atoms with Crippen LogP contribution in [0.2, 0.25) is 0 Å². The molecule has 2 aliphatic carbocycles. The number of carbonyl (C=O) groups excluding carboxylic acids is 4. The summed E-state index contributed by atoms with van der Waals surface area (Å²) in [5, 5.41) is 23.6. The first-order valence-corrected chi connectivity index (χ1v) is 13.2. The number of hydrogen-bond acceptors (Lipinski definition) is 8. The highest BCUT2D eigenvalue weighted by molar-refractivity contribution is 5.96. The van der Waals surface area contributed by atoms with Crippen LogP contribution in [0.25, 0.3) is 0 Å². The van der Waals surface area contributed by atoms with Crippen molar-refractivity contribution >= 4 is 23.9 Å². The molecule has 1 fully saturated rings. The molecule has 1 aliphatic heterocycles. The number of nitrogens with zero attached hydrogens (tertiary/aromatic N) is 1. The summed E-state index contributed by atoms with van der Waals surface area (Å²) in [6.07, 6.45) is 4.59. The molecule has 0 aromatic heterocycles. The number of aldehydes is 1. The predicted octanol–water partition coefficient (Wildman–Crippen LogP) is 1.66. The van der Waals surface area contributed by atoms with E-state index in [0.717, 1.165) is 25.7 Å². The highest BCUT2D eigenvalue weighted by Gasteiger charge is 2.52. The zero-order chi connectivity index (χ0) is 27.4. The van der Waals surface area contributed by atoms with Crippen molar-refractivity contribution in [2.45, 2.75) is 82.1 Å². The van der Waals surface area contributed by atoms with Gasteiger partial charge in [-0.1, -0.05) is 12.8 Å². The van der Waals surface area contributed by atoms with Crippen LogP contribution in [0.3, 0.4) is 0 Å². The van der Waals surface area contributed by atoms with Crippen molar-refractivity contribution in [3.05, 3.63) is 34.9 Å². The van der Waals surface area contributed by atoms with E-state index in [1.165, 1.54) is 20.1 Å². The van der Waals surface area contributed by atoms with Gasteiger partial charge in [-0.3, -0.25) is 14.4 Å². The summed E-state index contributed by atoms with van der Waals surface area (Å²) in [5.74, 6) is -0.674. The average molecular weight is 529 g/mol. The standard InChI is InChI=1S/C28H36N2O8/c1-16(33)6-5-9-23(34)30(18-7-3-4-8-18)21-14-20(28(36)29-10-11-31)24-19-12-17(15-32)13-22(37-2)26(19)38-27(24)25(21)35/h12-15,18,21,24-25,27,31,35H,3-11H2,1-2H3,(H,29,36)/t21-,24+,25+,27+/m1/s1. The van der Waals surface area contributed by atoms with Crippen LogP contribution in [0, 0.1) is 0 Å². The van der Waals surface area contributed by atoms with Crippen LogP contribution in [0.4, 0.5) is 0 Å². The Bertz CT molecular complexity index is 1110. The van der Waals surface area contributed by atoms with Gasteiger partial charge >= 0.3 is 0 Å². The Kier molecular flexibility index (Phi) is 8.83. The maximum absolute atomic E-state index is 13.5. The minimum absolute atomic E-state index is 0.00857. The number of hydrogen-bond donors (Lipinski definition) is 3. The van der Waals surface area contributed by atoms with Gasteiger partial charge in [0.05, 0.1) is 25.7 Å². The molecule has 0 spiro atoms. The van der Waals surface area contributed by atoms with Gasteiger partial charge in [0, 0.05) is 42.1 Å². The van der Waals surface area contributed by atoms with Crippen molar-refractivity contribution in [2.24, 2.45) is 0 Å². The van der Waals surface area contributed by atoms with Crippen LogP contribution < -0.4 is 14.8 Å². The summed E-state index contributed by atoms with van der Waals surface area (Å²) in [5.41, 5.74) is 1.17. The Morgan fingerprint density at radius 2 is 1.95 bits per heavy atom. The number of carbonyl (C=O) groups is 4. The van der Waals surface area contributed by atoms with Crippen LogP contribution in [-0.2, 0) is 14.4 Å². The summed E-state index contributed by atoms with van der Waals surface area (Å²) >= 11 is 0. The number of aliphatic hydroxyl groups excluding tert-OH is 2. The van der Waals surface area contributed by atoms with E-state index in [1.54, 1.807) is 17.0 Å². The van der Waals surface area contributed by atoms with E-state index >= 15 is 0 Å². The van der Waals surface area contributed by atoms with Crippen molar-refractivity contribution < 1.29 is 38.9 Å². The Morgan fingerprint density at radius 1 is 1.21 bits per heavy atom. The largest absolute Gasteiger partial charge is 0.493 e. The molecule has 1 saturated carbocycles. The second kappa shape index (κ2) is 12.1. The van der Waals surface area contributed by atoms with Crippen molar-refractivity contribution in [1.29, 1.82) is 0 Å². The molecular formula is C28H36N2O8. The number of rotatable bonds is 11. The van der Waals surface area contributed by atoms with E-state index < -0.39 is 30.1 Å². The first-order valence-electron chi connectivity index (χ1n) is 13.2. The number of amides is 2. The molecule has 10 nitrogen and oxygen atoms in total. The molecule has 10 heteroatoms. The third kappa shape index (κ3) is 5.47. The third-order valence-corrected chi connectivity index (χ3v) is 7.66. The second-order valence-electron chi connectivity index (χ2n) is 10.2. The van der Waals surface area contributed by atoms with Gasteiger partial charge in [0.25, 0.3) is 0 Å². The van der Waals surface area contributed by atoms with E-state index in [9.17, 15) is 29.4 Å². The van der Waals surface area contributed by atoms with Gasteiger partial charge in [-0.15, -0.1) is 0 Å². The molecule has 0 bridgehead atoms. The number of ketones is 1. The molecule has 3 aliphatic rings. The van der Waals surface area contributed by atoms with Crippen LogP contribution >= 0.6 is 0 Å². The lowest BCUT2D eigenvalue weighted by atomic mass is 9.77. The van der Waals surface area contributed by atoms with Gasteiger partial charge < -0.3 is 34.7 Å². The summed E-state index contributed by atoms with van der Waals surface area (Å²) < 4.78 is 11.7. The predicted molar refractivity (Wildman–Crippen MR) is 137 cm³/mol. The van der Waals surface area contributed by atoms with Gasteiger partial charge in [-0.2, -0.15) is 0 Å². The highest BCUT2D eigenvalue weighted by atomic mass is 16.5. The molecule has 2 amide bonds. The normalized spacial score (nSPS) is 24.1. The van der Waals surface area contributed by atoms with Crippen molar-refractivity contribution in [2.75, 3.05) is 20.3 Å². The number of benzene rings is 1. The number of fused-ring (bicyclic) bond motifs is 3. The maximum Gasteiger partial charge on any atom is 0.247 e. The molecule has 1 aromatic rings. The second-order valence-corrected chi connectivity index (χ2v) is 10.2. The molecule has 206 valence electrons. The molecule has 1 aromatic carbocycles. The summed E-state index contributed by atoms with van der Waals surface area (Å²) in [6, 6.07) is 2.22. The van der Waals surface area contributed by atoms with Gasteiger partial charge in [-0.05, 0) is 44.4 Å². The summed E-state index contributed by atoms with van der Waals surface area (Å²) in [4.78, 5) is 51.7. The van der Waals surface area contributed by atoms with Crippen molar-refractivity contribution in [3.63, 3.8) is 0 Å². The minimum Gasteiger partial charge on any atom is -0.493 e. The smallest absolute Gasteiger partial charge is 0.247 e. The molecule has 4 rings (SSSR count). The molecule has 0 saturated heterocycles. The topological polar surface area (TPSA) is 142 Å². The maximum atomic E-state index is 13.5. The zero-order valence-electron chi connectivity index (χ0n) is 21.9. The zero-order valence-corrected chi connectivity index (χ0v) is 21.9. The first kappa shape index (κ1) is 27.8. The number of nitrogens with one attached hydrogen (secondary N) is 1. The molecule has 1 heterocycles. The van der Waals surface area contributed by atoms with Crippen LogP contribution in [0.5, 0.6) is 11.5 Å². The quantitative estimate of drug-likeness (QED) is 0.368. The Morgan fingerprint density at radius 3 is 2.58 bits per heavy atom.